The van der Waals surface area contributed by atoms with E-state index >= 15 is 0 Å². The second-order valence-electron chi connectivity index (χ2n) is 6.58. The Labute approximate surface area is 139 Å². The van der Waals surface area contributed by atoms with Gasteiger partial charge in [0.05, 0.1) is 11.2 Å². The first kappa shape index (κ1) is 19.1. The molecule has 1 aromatic carbocycles. The summed E-state index contributed by atoms with van der Waals surface area (Å²) in [4.78, 5) is 1.95. The van der Waals surface area contributed by atoms with E-state index < -0.39 is 23.2 Å². The number of alkyl halides is 3. The number of nitrogens with zero attached hydrogens (tertiary/aromatic N) is 1. The molecule has 1 N–H and O–H groups in total. The normalized spacial score (nSPS) is 25.9. The Bertz CT molecular complexity index is 564. The van der Waals surface area contributed by atoms with E-state index in [2.05, 4.69) is 0 Å². The molecule has 1 heterocycles. The molecule has 2 atom stereocenters. The number of hydrogen-bond acceptors (Lipinski definition) is 3. The third kappa shape index (κ3) is 4.68. The van der Waals surface area contributed by atoms with Gasteiger partial charge in [-0.25, -0.2) is 4.39 Å². The molecule has 1 aliphatic heterocycles. The summed E-state index contributed by atoms with van der Waals surface area (Å²) in [6, 6.07) is 2.62. The van der Waals surface area contributed by atoms with Gasteiger partial charge < -0.3 is 9.84 Å². The number of aliphatic hydroxyl groups is 1. The van der Waals surface area contributed by atoms with Crippen LogP contribution >= 0.6 is 0 Å². The van der Waals surface area contributed by atoms with Gasteiger partial charge in [-0.1, -0.05) is 6.92 Å². The maximum absolute atomic E-state index is 13.5. The fraction of sp³-hybridized carbons (Fsp3) is 0.647. The van der Waals surface area contributed by atoms with Crippen LogP contribution in [-0.4, -0.2) is 42.4 Å². The van der Waals surface area contributed by atoms with Gasteiger partial charge >= 0.3 is 6.18 Å². The van der Waals surface area contributed by atoms with Gasteiger partial charge in [-0.15, -0.1) is 0 Å². The van der Waals surface area contributed by atoms with Crippen LogP contribution in [0.15, 0.2) is 18.2 Å². The number of hydrogen-bond donors (Lipinski definition) is 1. The molecule has 24 heavy (non-hydrogen) atoms. The minimum absolute atomic E-state index is 0.0444. The molecule has 0 amide bonds. The van der Waals surface area contributed by atoms with Gasteiger partial charge in [0.25, 0.3) is 0 Å². The summed E-state index contributed by atoms with van der Waals surface area (Å²) in [5.41, 5.74) is -1.51. The molecular weight excluding hydrogens is 326 g/mol. The van der Waals surface area contributed by atoms with Crippen molar-refractivity contribution in [3.63, 3.8) is 0 Å². The molecule has 0 spiro atoms. The van der Waals surface area contributed by atoms with Gasteiger partial charge in [-0.2, -0.15) is 13.2 Å². The molecule has 7 heteroatoms. The van der Waals surface area contributed by atoms with Crippen molar-refractivity contribution in [3.8, 4) is 0 Å². The highest BCUT2D eigenvalue weighted by Gasteiger charge is 2.38. The number of likely N-dealkylation sites (tertiary alicyclic amines) is 1. The Hall–Kier alpha value is -1.18. The van der Waals surface area contributed by atoms with E-state index in [9.17, 15) is 22.7 Å². The third-order valence-corrected chi connectivity index (χ3v) is 4.74. The summed E-state index contributed by atoms with van der Waals surface area (Å²) >= 11 is 0. The summed E-state index contributed by atoms with van der Waals surface area (Å²) in [6.07, 6.45) is -3.53. The smallest absolute Gasteiger partial charge is 0.389 e. The van der Waals surface area contributed by atoms with Crippen molar-refractivity contribution < 1.29 is 27.4 Å². The third-order valence-electron chi connectivity index (χ3n) is 4.74. The summed E-state index contributed by atoms with van der Waals surface area (Å²) < 4.78 is 56.8. The number of piperidine rings is 1. The summed E-state index contributed by atoms with van der Waals surface area (Å²) in [7, 11) is 1.57. The van der Waals surface area contributed by atoms with Crippen molar-refractivity contribution >= 4 is 0 Å². The first-order valence-electron chi connectivity index (χ1n) is 7.94. The first-order chi connectivity index (χ1) is 11.1. The molecule has 0 saturated carbocycles. The highest BCUT2D eigenvalue weighted by Crippen LogP contribution is 2.33. The van der Waals surface area contributed by atoms with Gasteiger partial charge in [0, 0.05) is 33.4 Å². The minimum atomic E-state index is -4.56. The molecule has 0 aliphatic carbocycles. The number of benzene rings is 1. The van der Waals surface area contributed by atoms with Crippen molar-refractivity contribution in [2.75, 3.05) is 26.8 Å². The molecule has 1 aromatic rings. The van der Waals surface area contributed by atoms with Gasteiger partial charge in [0.2, 0.25) is 0 Å². The molecule has 3 nitrogen and oxygen atoms in total. The molecule has 0 radical (unpaired) electrons. The topological polar surface area (TPSA) is 32.7 Å². The Morgan fingerprint density at radius 1 is 1.33 bits per heavy atom. The average Bonchev–Trinajstić information content (AvgIpc) is 2.48. The maximum Gasteiger partial charge on any atom is 0.416 e. The lowest BCUT2D eigenvalue weighted by molar-refractivity contribution is -0.137. The van der Waals surface area contributed by atoms with Gasteiger partial charge in [0.1, 0.15) is 5.82 Å². The molecular formula is C17H23F4NO2. The van der Waals surface area contributed by atoms with Crippen molar-refractivity contribution in [1.82, 2.24) is 4.90 Å². The Balaban J connectivity index is 2.04. The van der Waals surface area contributed by atoms with E-state index in [4.69, 9.17) is 4.74 Å². The molecule has 1 aliphatic rings. The summed E-state index contributed by atoms with van der Waals surface area (Å²) in [6.45, 7) is 3.68. The quantitative estimate of drug-likeness (QED) is 0.827. The number of halogens is 4. The highest BCUT2D eigenvalue weighted by atomic mass is 19.4. The van der Waals surface area contributed by atoms with Crippen molar-refractivity contribution in [2.24, 2.45) is 5.92 Å². The Morgan fingerprint density at radius 3 is 2.62 bits per heavy atom. The van der Waals surface area contributed by atoms with E-state index in [1.54, 1.807) is 7.11 Å². The lowest BCUT2D eigenvalue weighted by Gasteiger charge is -2.43. The average molecular weight is 349 g/mol. The zero-order valence-electron chi connectivity index (χ0n) is 13.9. The van der Waals surface area contributed by atoms with Crippen LogP contribution in [0.2, 0.25) is 0 Å². The summed E-state index contributed by atoms with van der Waals surface area (Å²) in [5.74, 6) is -0.932. The van der Waals surface area contributed by atoms with Crippen LogP contribution in [0, 0.1) is 11.7 Å². The van der Waals surface area contributed by atoms with Crippen molar-refractivity contribution in [1.29, 1.82) is 0 Å². The van der Waals surface area contributed by atoms with Crippen molar-refractivity contribution in [3.05, 3.63) is 35.1 Å². The Morgan fingerprint density at radius 2 is 2.04 bits per heavy atom. The predicted molar refractivity (Wildman–Crippen MR) is 81.9 cm³/mol. The van der Waals surface area contributed by atoms with E-state index in [0.717, 1.165) is 12.1 Å². The molecule has 0 unspecified atom stereocenters. The van der Waals surface area contributed by atoms with E-state index in [-0.39, 0.29) is 18.0 Å². The van der Waals surface area contributed by atoms with Crippen LogP contribution in [0.5, 0.6) is 0 Å². The number of rotatable bonds is 5. The lowest BCUT2D eigenvalue weighted by atomic mass is 9.80. The van der Waals surface area contributed by atoms with E-state index in [0.29, 0.717) is 38.6 Å². The minimum Gasteiger partial charge on any atom is -0.389 e. The van der Waals surface area contributed by atoms with Crippen molar-refractivity contribution in [2.45, 2.75) is 38.1 Å². The zero-order valence-corrected chi connectivity index (χ0v) is 13.9. The highest BCUT2D eigenvalue weighted by molar-refractivity contribution is 5.27. The predicted octanol–water partition coefficient (Wildman–Crippen LogP) is 3.45. The monoisotopic (exact) mass is 349 g/mol. The molecule has 0 bridgehead atoms. The molecule has 1 fully saturated rings. The maximum atomic E-state index is 13.5. The number of methoxy groups -OCH3 is 1. The van der Waals surface area contributed by atoms with Crippen LogP contribution in [0.4, 0.5) is 17.6 Å². The second-order valence-corrected chi connectivity index (χ2v) is 6.58. The molecule has 0 aromatic heterocycles. The van der Waals surface area contributed by atoms with Crippen LogP contribution in [0.3, 0.4) is 0 Å². The van der Waals surface area contributed by atoms with Crippen LogP contribution < -0.4 is 0 Å². The van der Waals surface area contributed by atoms with Crippen LogP contribution in [0.1, 0.15) is 30.9 Å². The molecule has 1 saturated heterocycles. The lowest BCUT2D eigenvalue weighted by Crippen LogP contribution is -2.51. The fourth-order valence-electron chi connectivity index (χ4n) is 3.20. The molecule has 2 rings (SSSR count). The van der Waals surface area contributed by atoms with Crippen LogP contribution in [0.25, 0.3) is 0 Å². The SMILES string of the molecule is COCC[C@@]1(O)CCN(Cc2cc(F)cc(C(F)(F)F)c2)C[C@@H]1C. The van der Waals surface area contributed by atoms with Gasteiger partial charge in [-0.05, 0) is 42.5 Å². The number of ether oxygens (including phenoxy) is 1. The largest absolute Gasteiger partial charge is 0.416 e. The fourth-order valence-corrected chi connectivity index (χ4v) is 3.20. The first-order valence-corrected chi connectivity index (χ1v) is 7.94. The van der Waals surface area contributed by atoms with Gasteiger partial charge in [-0.3, -0.25) is 4.90 Å². The molecule has 136 valence electrons. The van der Waals surface area contributed by atoms with E-state index in [1.807, 2.05) is 11.8 Å². The van der Waals surface area contributed by atoms with Crippen LogP contribution in [-0.2, 0) is 17.5 Å². The summed E-state index contributed by atoms with van der Waals surface area (Å²) in [5, 5.41) is 10.6. The van der Waals surface area contributed by atoms with E-state index in [1.165, 1.54) is 0 Å². The zero-order chi connectivity index (χ0) is 18.0. The second kappa shape index (κ2) is 7.37. The Kier molecular flexibility index (Phi) is 5.88. The van der Waals surface area contributed by atoms with Gasteiger partial charge in [0.15, 0.2) is 0 Å². The standard InChI is InChI=1S/C17H23F4NO2/c1-12-10-22(5-3-16(12,23)4-6-24-2)11-13-7-14(17(19,20)21)9-15(18)8-13/h7-9,12,23H,3-6,10-11H2,1-2H3/t12-,16-/m0/s1.